The fourth-order valence-electron chi connectivity index (χ4n) is 9.74. The van der Waals surface area contributed by atoms with E-state index in [0.717, 1.165) is 38.5 Å². The normalized spacial score (nSPS) is 19.6. The van der Waals surface area contributed by atoms with Gasteiger partial charge in [0, 0.05) is 6.42 Å². The van der Waals surface area contributed by atoms with Crippen molar-refractivity contribution in [1.29, 1.82) is 0 Å². The highest BCUT2D eigenvalue weighted by Gasteiger charge is 2.44. The molecule has 1 aliphatic heterocycles. The van der Waals surface area contributed by atoms with Crippen molar-refractivity contribution in [2.45, 2.75) is 339 Å². The molecule has 0 aromatic rings. The first-order chi connectivity index (χ1) is 33.8. The summed E-state index contributed by atoms with van der Waals surface area (Å²) < 4.78 is 11.2. The molecule has 1 heterocycles. The summed E-state index contributed by atoms with van der Waals surface area (Å²) >= 11 is 0. The number of unbranched alkanes of at least 4 members (excludes halogenated alkanes) is 40. The fourth-order valence-corrected chi connectivity index (χ4v) is 9.74. The molecule has 0 aromatic heterocycles. The molecule has 0 spiro atoms. The third kappa shape index (κ3) is 39.8. The van der Waals surface area contributed by atoms with E-state index >= 15 is 0 Å². The molecule has 6 N–H and O–H groups in total. The van der Waals surface area contributed by atoms with Crippen molar-refractivity contribution in [1.82, 2.24) is 5.32 Å². The van der Waals surface area contributed by atoms with Gasteiger partial charge >= 0.3 is 0 Å². The van der Waals surface area contributed by atoms with Gasteiger partial charge in [0.2, 0.25) is 5.91 Å². The third-order valence-electron chi connectivity index (χ3n) is 14.5. The number of amides is 1. The van der Waals surface area contributed by atoms with Crippen LogP contribution in [-0.2, 0) is 14.3 Å². The molecule has 0 aromatic carbocycles. The number of hydrogen-bond acceptors (Lipinski definition) is 8. The number of rotatable bonds is 52. The molecule has 1 amide bonds. The average molecular weight is 979 g/mol. The minimum atomic E-state index is -1.56. The molecule has 0 bridgehead atoms. The zero-order valence-corrected chi connectivity index (χ0v) is 45.3. The van der Waals surface area contributed by atoms with Gasteiger partial charge in [-0.05, 0) is 44.9 Å². The van der Waals surface area contributed by atoms with Crippen molar-refractivity contribution in [3.8, 4) is 0 Å². The van der Waals surface area contributed by atoms with Gasteiger partial charge < -0.3 is 40.3 Å². The van der Waals surface area contributed by atoms with Gasteiger partial charge in [0.05, 0.1) is 25.4 Å². The van der Waals surface area contributed by atoms with Crippen molar-refractivity contribution in [2.24, 2.45) is 0 Å². The first-order valence-electron chi connectivity index (χ1n) is 30.1. The largest absolute Gasteiger partial charge is 0.394 e. The van der Waals surface area contributed by atoms with E-state index in [1.165, 1.54) is 238 Å². The van der Waals surface area contributed by atoms with E-state index in [1.54, 1.807) is 6.08 Å². The number of aliphatic hydroxyl groups is 5. The van der Waals surface area contributed by atoms with Gasteiger partial charge in [-0.3, -0.25) is 4.79 Å². The van der Waals surface area contributed by atoms with E-state index in [4.69, 9.17) is 9.47 Å². The summed E-state index contributed by atoms with van der Waals surface area (Å²) in [6, 6.07) is -0.798. The van der Waals surface area contributed by atoms with Crippen LogP contribution in [0.2, 0.25) is 0 Å². The smallest absolute Gasteiger partial charge is 0.220 e. The van der Waals surface area contributed by atoms with Crippen LogP contribution in [0.4, 0.5) is 0 Å². The molecular formula is C60H115NO8. The summed E-state index contributed by atoms with van der Waals surface area (Å²) in [4.78, 5) is 12.9. The lowest BCUT2D eigenvalue weighted by Gasteiger charge is -2.40. The Labute approximate surface area is 426 Å². The molecule has 1 saturated heterocycles. The second kappa shape index (κ2) is 50.2. The molecular weight excluding hydrogens is 863 g/mol. The predicted molar refractivity (Wildman–Crippen MR) is 290 cm³/mol. The summed E-state index contributed by atoms with van der Waals surface area (Å²) in [5, 5.41) is 54.1. The van der Waals surface area contributed by atoms with E-state index < -0.39 is 49.5 Å². The van der Waals surface area contributed by atoms with Crippen LogP contribution in [-0.4, -0.2) is 87.5 Å². The molecule has 7 atom stereocenters. The van der Waals surface area contributed by atoms with Crippen LogP contribution in [0.3, 0.4) is 0 Å². The number of hydrogen-bond donors (Lipinski definition) is 6. The van der Waals surface area contributed by atoms with Crippen LogP contribution in [0.15, 0.2) is 24.3 Å². The minimum Gasteiger partial charge on any atom is -0.394 e. The van der Waals surface area contributed by atoms with Gasteiger partial charge in [0.15, 0.2) is 6.29 Å². The molecule has 1 fully saturated rings. The number of carbonyl (C=O) groups excluding carboxylic acids is 1. The lowest BCUT2D eigenvalue weighted by molar-refractivity contribution is -0.302. The Morgan fingerprint density at radius 1 is 0.478 bits per heavy atom. The average Bonchev–Trinajstić information content (AvgIpc) is 3.35. The summed E-state index contributed by atoms with van der Waals surface area (Å²) in [6.07, 6.45) is 57.6. The Bertz CT molecular complexity index is 1130. The molecule has 408 valence electrons. The second-order valence-corrected chi connectivity index (χ2v) is 21.1. The maximum absolute atomic E-state index is 12.9. The lowest BCUT2D eigenvalue weighted by atomic mass is 9.99. The molecule has 0 radical (unpaired) electrons. The van der Waals surface area contributed by atoms with E-state index in [2.05, 4.69) is 31.3 Å². The number of ether oxygens (including phenoxy) is 2. The highest BCUT2D eigenvalue weighted by Crippen LogP contribution is 2.23. The van der Waals surface area contributed by atoms with E-state index in [1.807, 2.05) is 6.08 Å². The van der Waals surface area contributed by atoms with Crippen LogP contribution < -0.4 is 5.32 Å². The minimum absolute atomic E-state index is 0.176. The maximum Gasteiger partial charge on any atom is 0.220 e. The van der Waals surface area contributed by atoms with Crippen molar-refractivity contribution >= 4 is 5.91 Å². The van der Waals surface area contributed by atoms with Crippen LogP contribution in [0.25, 0.3) is 0 Å². The molecule has 9 nitrogen and oxygen atoms in total. The van der Waals surface area contributed by atoms with E-state index in [0.29, 0.717) is 6.42 Å². The number of allylic oxidation sites excluding steroid dienone is 3. The number of aliphatic hydroxyl groups excluding tert-OH is 5. The Balaban J connectivity index is 1.94. The molecule has 1 rings (SSSR count). The van der Waals surface area contributed by atoms with E-state index in [9.17, 15) is 30.3 Å². The molecule has 0 saturated carbocycles. The highest BCUT2D eigenvalue weighted by molar-refractivity contribution is 5.76. The standard InChI is InChI=1S/C60H115NO8/c1-3-5-7-9-11-12-13-14-15-16-17-18-19-20-21-22-23-24-25-26-27-28-29-30-31-32-33-34-35-36-37-38-39-40-41-42-44-46-48-50-56(64)61-53(54(63)49-47-45-43-10-8-6-4-2)52-68-60-59(67)58(66)57(65)55(51-62)69-60/h16-17,47,49,53-55,57-60,62-63,65-67H,3-15,18-46,48,50-52H2,1-2H3,(H,61,64)/b17-16-,49-47+. The van der Waals surface area contributed by atoms with Gasteiger partial charge in [0.1, 0.15) is 24.4 Å². The second-order valence-electron chi connectivity index (χ2n) is 21.1. The fraction of sp³-hybridized carbons (Fsp3) is 0.917. The van der Waals surface area contributed by atoms with Crippen LogP contribution in [0.5, 0.6) is 0 Å². The van der Waals surface area contributed by atoms with Crippen LogP contribution in [0.1, 0.15) is 296 Å². The molecule has 0 aliphatic carbocycles. The van der Waals surface area contributed by atoms with Crippen molar-refractivity contribution in [3.05, 3.63) is 24.3 Å². The Kier molecular flexibility index (Phi) is 47.8. The van der Waals surface area contributed by atoms with Crippen LogP contribution in [0, 0.1) is 0 Å². The SMILES string of the molecule is CCCCCCC/C=C/C(O)C(COC1OC(CO)C(O)C(O)C1O)NC(=O)CCCCCCCCCCCCCCCCCCCCCCCCCCCCC/C=C\CCCCCCCCCC. The van der Waals surface area contributed by atoms with E-state index in [-0.39, 0.29) is 12.5 Å². The third-order valence-corrected chi connectivity index (χ3v) is 14.5. The lowest BCUT2D eigenvalue weighted by Crippen LogP contribution is -2.60. The first-order valence-corrected chi connectivity index (χ1v) is 30.1. The van der Waals surface area contributed by atoms with Gasteiger partial charge in [0.25, 0.3) is 0 Å². The number of nitrogens with one attached hydrogen (secondary N) is 1. The number of carbonyl (C=O) groups is 1. The molecule has 1 aliphatic rings. The van der Waals surface area contributed by atoms with Crippen LogP contribution >= 0.6 is 0 Å². The Hall–Kier alpha value is -1.33. The van der Waals surface area contributed by atoms with Crippen molar-refractivity contribution < 1.29 is 39.8 Å². The summed E-state index contributed by atoms with van der Waals surface area (Å²) in [7, 11) is 0. The Morgan fingerprint density at radius 2 is 0.812 bits per heavy atom. The van der Waals surface area contributed by atoms with Gasteiger partial charge in [-0.2, -0.15) is 0 Å². The van der Waals surface area contributed by atoms with Gasteiger partial charge in [-0.15, -0.1) is 0 Å². The summed E-state index contributed by atoms with van der Waals surface area (Å²) in [5.74, 6) is -0.176. The Morgan fingerprint density at radius 3 is 1.17 bits per heavy atom. The first kappa shape index (κ1) is 65.7. The van der Waals surface area contributed by atoms with Gasteiger partial charge in [-0.25, -0.2) is 0 Å². The zero-order chi connectivity index (χ0) is 50.1. The van der Waals surface area contributed by atoms with Gasteiger partial charge in [-0.1, -0.05) is 269 Å². The topological polar surface area (TPSA) is 149 Å². The quantitative estimate of drug-likeness (QED) is 0.0261. The summed E-state index contributed by atoms with van der Waals surface area (Å²) in [6.45, 7) is 3.73. The molecule has 69 heavy (non-hydrogen) atoms. The predicted octanol–water partition coefficient (Wildman–Crippen LogP) is 15.0. The highest BCUT2D eigenvalue weighted by atomic mass is 16.7. The molecule has 9 heteroatoms. The van der Waals surface area contributed by atoms with Crippen molar-refractivity contribution in [3.63, 3.8) is 0 Å². The molecule has 7 unspecified atom stereocenters. The summed E-state index contributed by atoms with van der Waals surface area (Å²) in [5.41, 5.74) is 0. The van der Waals surface area contributed by atoms with Crippen molar-refractivity contribution in [2.75, 3.05) is 13.2 Å². The maximum atomic E-state index is 12.9. The monoisotopic (exact) mass is 978 g/mol. The zero-order valence-electron chi connectivity index (χ0n) is 45.3.